The van der Waals surface area contributed by atoms with Crippen LogP contribution in [0.15, 0.2) is 35.7 Å². The first-order valence-corrected chi connectivity index (χ1v) is 6.34. The van der Waals surface area contributed by atoms with Gasteiger partial charge in [-0.1, -0.05) is 51.1 Å². The lowest BCUT2D eigenvalue weighted by Gasteiger charge is -2.22. The molecule has 0 aromatic carbocycles. The molecule has 0 radical (unpaired) electrons. The molecule has 98 valence electrons. The minimum Gasteiger partial charge on any atom is -0.302 e. The molecule has 0 spiro atoms. The van der Waals surface area contributed by atoms with Gasteiger partial charge in [-0.3, -0.25) is 0 Å². The van der Waals surface area contributed by atoms with Gasteiger partial charge in [-0.25, -0.2) is 4.39 Å². The van der Waals surface area contributed by atoms with E-state index >= 15 is 0 Å². The second-order valence-electron chi connectivity index (χ2n) is 4.53. The maximum atomic E-state index is 13.2. The van der Waals surface area contributed by atoms with Gasteiger partial charge in [0.2, 0.25) is 0 Å². The van der Waals surface area contributed by atoms with Gasteiger partial charge in [-0.2, -0.15) is 0 Å². The number of halogens is 2. The summed E-state index contributed by atoms with van der Waals surface area (Å²) in [6.07, 6.45) is 3.79. The molecule has 1 unspecified atom stereocenters. The van der Waals surface area contributed by atoms with Gasteiger partial charge in [0.25, 0.3) is 0 Å². The summed E-state index contributed by atoms with van der Waals surface area (Å²) in [5.74, 6) is 0.117. The van der Waals surface area contributed by atoms with Gasteiger partial charge < -0.3 is 4.90 Å². The Morgan fingerprint density at radius 1 is 1.53 bits per heavy atom. The largest absolute Gasteiger partial charge is 0.302 e. The van der Waals surface area contributed by atoms with Gasteiger partial charge in [0.1, 0.15) is 5.83 Å². The van der Waals surface area contributed by atoms with Crippen molar-refractivity contribution in [3.8, 4) is 0 Å². The van der Waals surface area contributed by atoms with Crippen LogP contribution in [0.4, 0.5) is 4.39 Å². The molecule has 0 aliphatic carbocycles. The third-order valence-electron chi connectivity index (χ3n) is 2.63. The van der Waals surface area contributed by atoms with Crippen molar-refractivity contribution < 1.29 is 4.39 Å². The highest BCUT2D eigenvalue weighted by atomic mass is 35.5. The van der Waals surface area contributed by atoms with Crippen LogP contribution >= 0.6 is 11.6 Å². The van der Waals surface area contributed by atoms with Gasteiger partial charge >= 0.3 is 0 Å². The van der Waals surface area contributed by atoms with E-state index in [9.17, 15) is 4.39 Å². The Labute approximate surface area is 110 Å². The van der Waals surface area contributed by atoms with Crippen LogP contribution in [-0.2, 0) is 0 Å². The lowest BCUT2D eigenvalue weighted by molar-refractivity contribution is 0.295. The van der Waals surface area contributed by atoms with Crippen LogP contribution in [0.25, 0.3) is 0 Å². The molecule has 1 nitrogen and oxygen atoms in total. The molecule has 3 heteroatoms. The standard InChI is InChI=1S/C14H23ClFN/c1-6-8-11(3)9-17(5)10-13(12(4)16)14(15)7-2/h7,11H,2,4,6,8-10H2,1,3,5H3/b14-13+. The fourth-order valence-corrected chi connectivity index (χ4v) is 2.03. The maximum absolute atomic E-state index is 13.2. The molecular formula is C14H23ClFN. The van der Waals surface area contributed by atoms with Crippen LogP contribution in [0.2, 0.25) is 0 Å². The zero-order valence-electron chi connectivity index (χ0n) is 11.1. The molecule has 0 amide bonds. The lowest BCUT2D eigenvalue weighted by Crippen LogP contribution is -2.27. The van der Waals surface area contributed by atoms with Gasteiger partial charge in [0, 0.05) is 23.7 Å². The highest BCUT2D eigenvalue weighted by Gasteiger charge is 2.12. The molecule has 1 atom stereocenters. The molecule has 0 heterocycles. The van der Waals surface area contributed by atoms with Crippen molar-refractivity contribution in [2.45, 2.75) is 26.7 Å². The van der Waals surface area contributed by atoms with Crippen molar-refractivity contribution in [3.63, 3.8) is 0 Å². The fraction of sp³-hybridized carbons (Fsp3) is 0.571. The van der Waals surface area contributed by atoms with E-state index in [0.717, 1.165) is 6.54 Å². The predicted molar refractivity (Wildman–Crippen MR) is 74.9 cm³/mol. The van der Waals surface area contributed by atoms with E-state index in [-0.39, 0.29) is 0 Å². The average Bonchev–Trinajstić information content (AvgIpc) is 2.24. The molecule has 0 saturated carbocycles. The van der Waals surface area contributed by atoms with Crippen LogP contribution in [0.1, 0.15) is 26.7 Å². The maximum Gasteiger partial charge on any atom is 0.122 e. The summed E-state index contributed by atoms with van der Waals surface area (Å²) in [6.45, 7) is 12.6. The van der Waals surface area contributed by atoms with Crippen molar-refractivity contribution in [3.05, 3.63) is 35.7 Å². The Hall–Kier alpha value is -0.600. The monoisotopic (exact) mass is 259 g/mol. The number of likely N-dealkylation sites (N-methyl/N-ethyl adjacent to an activating group) is 1. The number of hydrogen-bond donors (Lipinski definition) is 0. The molecule has 0 bridgehead atoms. The topological polar surface area (TPSA) is 3.24 Å². The van der Waals surface area contributed by atoms with Gasteiger partial charge in [0.05, 0.1) is 0 Å². The smallest absolute Gasteiger partial charge is 0.122 e. The Morgan fingerprint density at radius 2 is 2.12 bits per heavy atom. The first kappa shape index (κ1) is 16.4. The summed E-state index contributed by atoms with van der Waals surface area (Å²) >= 11 is 5.90. The molecule has 0 aliphatic rings. The summed E-state index contributed by atoms with van der Waals surface area (Å²) in [5.41, 5.74) is 0.424. The Bertz CT molecular complexity index is 297. The Balaban J connectivity index is 4.48. The van der Waals surface area contributed by atoms with Gasteiger partial charge in [0.15, 0.2) is 0 Å². The normalized spacial score (nSPS) is 14.5. The van der Waals surface area contributed by atoms with E-state index < -0.39 is 5.83 Å². The van der Waals surface area contributed by atoms with E-state index in [2.05, 4.69) is 31.9 Å². The van der Waals surface area contributed by atoms with Crippen LogP contribution in [-0.4, -0.2) is 25.0 Å². The minimum absolute atomic E-state index is 0.340. The van der Waals surface area contributed by atoms with E-state index in [0.29, 0.717) is 23.1 Å². The highest BCUT2D eigenvalue weighted by Crippen LogP contribution is 2.20. The van der Waals surface area contributed by atoms with E-state index in [1.165, 1.54) is 18.9 Å². The Morgan fingerprint density at radius 3 is 2.53 bits per heavy atom. The lowest BCUT2D eigenvalue weighted by atomic mass is 10.1. The average molecular weight is 260 g/mol. The molecule has 0 fully saturated rings. The number of nitrogens with zero attached hydrogens (tertiary/aromatic N) is 1. The number of allylic oxidation sites excluding steroid dienone is 2. The SMILES string of the molecule is C=C/C(Cl)=C(/CN(C)CC(C)CCC)C(=C)F. The molecule has 0 aromatic heterocycles. The molecule has 0 aromatic rings. The number of hydrogen-bond acceptors (Lipinski definition) is 1. The minimum atomic E-state index is -0.482. The van der Waals surface area contributed by atoms with Gasteiger partial charge in [-0.05, 0) is 19.4 Å². The summed E-state index contributed by atoms with van der Waals surface area (Å²) in [6, 6.07) is 0. The molecule has 17 heavy (non-hydrogen) atoms. The predicted octanol–water partition coefficient (Wildman–Crippen LogP) is 4.52. The second kappa shape index (κ2) is 8.48. The Kier molecular flexibility index (Phi) is 8.19. The molecular weight excluding hydrogens is 237 g/mol. The van der Waals surface area contributed by atoms with Crippen LogP contribution in [0, 0.1) is 5.92 Å². The quantitative estimate of drug-likeness (QED) is 0.580. The molecule has 0 rings (SSSR count). The third-order valence-corrected chi connectivity index (χ3v) is 3.01. The first-order chi connectivity index (χ1) is 7.92. The zero-order valence-corrected chi connectivity index (χ0v) is 11.9. The zero-order chi connectivity index (χ0) is 13.4. The van der Waals surface area contributed by atoms with Gasteiger partial charge in [-0.15, -0.1) is 0 Å². The first-order valence-electron chi connectivity index (χ1n) is 5.96. The van der Waals surface area contributed by atoms with Crippen molar-refractivity contribution in [1.82, 2.24) is 4.90 Å². The fourth-order valence-electron chi connectivity index (χ4n) is 1.86. The van der Waals surface area contributed by atoms with Crippen LogP contribution < -0.4 is 0 Å². The van der Waals surface area contributed by atoms with E-state index in [1.54, 1.807) is 0 Å². The summed E-state index contributed by atoms with van der Waals surface area (Å²) in [7, 11) is 1.96. The molecule has 0 saturated heterocycles. The summed E-state index contributed by atoms with van der Waals surface area (Å²) in [5, 5.41) is 0.340. The van der Waals surface area contributed by atoms with Crippen LogP contribution in [0.5, 0.6) is 0 Å². The summed E-state index contributed by atoms with van der Waals surface area (Å²) < 4.78 is 13.2. The van der Waals surface area contributed by atoms with E-state index in [1.807, 2.05) is 7.05 Å². The van der Waals surface area contributed by atoms with Crippen molar-refractivity contribution in [1.29, 1.82) is 0 Å². The van der Waals surface area contributed by atoms with Crippen LogP contribution in [0.3, 0.4) is 0 Å². The molecule has 0 N–H and O–H groups in total. The third kappa shape index (κ3) is 6.64. The second-order valence-corrected chi connectivity index (χ2v) is 4.93. The number of rotatable bonds is 8. The van der Waals surface area contributed by atoms with E-state index in [4.69, 9.17) is 11.6 Å². The highest BCUT2D eigenvalue weighted by molar-refractivity contribution is 6.31. The van der Waals surface area contributed by atoms with Crippen molar-refractivity contribution >= 4 is 11.6 Å². The molecule has 0 aliphatic heterocycles. The van der Waals surface area contributed by atoms with Crippen molar-refractivity contribution in [2.75, 3.05) is 20.1 Å². The van der Waals surface area contributed by atoms with Crippen molar-refractivity contribution in [2.24, 2.45) is 5.92 Å². The summed E-state index contributed by atoms with van der Waals surface area (Å²) in [4.78, 5) is 2.06.